The Morgan fingerprint density at radius 1 is 1.10 bits per heavy atom. The number of methoxy groups -OCH3 is 3. The molecule has 112 valence electrons. The van der Waals surface area contributed by atoms with Crippen LogP contribution in [0.4, 0.5) is 0 Å². The van der Waals surface area contributed by atoms with Crippen LogP contribution < -0.4 is 10.5 Å². The second-order valence-electron chi connectivity index (χ2n) is 4.25. The fourth-order valence-corrected chi connectivity index (χ4v) is 1.81. The minimum atomic E-state index is 0.671. The number of hydrogen-bond acceptors (Lipinski definition) is 4. The highest BCUT2D eigenvalue weighted by Crippen LogP contribution is 2.23. The molecule has 20 heavy (non-hydrogen) atoms. The van der Waals surface area contributed by atoms with Crippen molar-refractivity contribution >= 4 is 10.9 Å². The van der Waals surface area contributed by atoms with Crippen LogP contribution in [0.1, 0.15) is 5.56 Å². The van der Waals surface area contributed by atoms with Crippen molar-refractivity contribution < 1.29 is 14.2 Å². The molecule has 0 saturated carbocycles. The molecule has 1 heterocycles. The van der Waals surface area contributed by atoms with E-state index in [-0.39, 0.29) is 0 Å². The highest BCUT2D eigenvalue weighted by atomic mass is 16.5. The van der Waals surface area contributed by atoms with Gasteiger partial charge in [0.15, 0.2) is 0 Å². The number of nitrogens with two attached hydrogens (primary N) is 1. The molecule has 2 aromatic rings. The van der Waals surface area contributed by atoms with Crippen molar-refractivity contribution in [1.82, 2.24) is 4.98 Å². The van der Waals surface area contributed by atoms with Crippen LogP contribution in [0.25, 0.3) is 10.9 Å². The first kappa shape index (κ1) is 16.5. The van der Waals surface area contributed by atoms with E-state index in [1.54, 1.807) is 21.3 Å². The zero-order valence-corrected chi connectivity index (χ0v) is 12.4. The summed E-state index contributed by atoms with van der Waals surface area (Å²) in [5.74, 6) is 0.885. The predicted octanol–water partition coefficient (Wildman–Crippen LogP) is 1.96. The van der Waals surface area contributed by atoms with Crippen LogP contribution in [-0.2, 0) is 15.9 Å². The van der Waals surface area contributed by atoms with Crippen molar-refractivity contribution in [3.63, 3.8) is 0 Å². The first-order valence-electron chi connectivity index (χ1n) is 6.58. The van der Waals surface area contributed by atoms with Crippen molar-refractivity contribution in [2.75, 3.05) is 41.1 Å². The third-order valence-electron chi connectivity index (χ3n) is 2.88. The first-order chi connectivity index (χ1) is 9.76. The van der Waals surface area contributed by atoms with Crippen LogP contribution in [0.5, 0.6) is 5.75 Å². The van der Waals surface area contributed by atoms with Gasteiger partial charge in [-0.1, -0.05) is 0 Å². The van der Waals surface area contributed by atoms with Crippen molar-refractivity contribution in [3.8, 4) is 5.75 Å². The zero-order valence-electron chi connectivity index (χ0n) is 12.4. The third-order valence-corrected chi connectivity index (χ3v) is 2.88. The second-order valence-corrected chi connectivity index (χ2v) is 4.25. The second kappa shape index (κ2) is 9.36. The molecule has 5 nitrogen and oxygen atoms in total. The molecule has 0 unspecified atom stereocenters. The number of fused-ring (bicyclic) bond motifs is 1. The number of ether oxygens (including phenoxy) is 3. The summed E-state index contributed by atoms with van der Waals surface area (Å²) in [7, 11) is 4.98. The van der Waals surface area contributed by atoms with Crippen molar-refractivity contribution in [1.29, 1.82) is 0 Å². The smallest absolute Gasteiger partial charge is 0.119 e. The summed E-state index contributed by atoms with van der Waals surface area (Å²) in [6.07, 6.45) is 2.91. The summed E-state index contributed by atoms with van der Waals surface area (Å²) >= 11 is 0. The summed E-state index contributed by atoms with van der Waals surface area (Å²) in [6, 6.07) is 6.01. The van der Waals surface area contributed by atoms with E-state index >= 15 is 0 Å². The number of aromatic nitrogens is 1. The Morgan fingerprint density at radius 3 is 2.35 bits per heavy atom. The number of rotatable bonds is 6. The summed E-state index contributed by atoms with van der Waals surface area (Å²) in [4.78, 5) is 3.21. The van der Waals surface area contributed by atoms with Gasteiger partial charge in [0, 0.05) is 31.3 Å². The zero-order chi connectivity index (χ0) is 14.8. The molecule has 1 aromatic heterocycles. The molecule has 0 amide bonds. The van der Waals surface area contributed by atoms with Gasteiger partial charge in [-0.2, -0.15) is 0 Å². The van der Waals surface area contributed by atoms with Gasteiger partial charge < -0.3 is 24.9 Å². The highest BCUT2D eigenvalue weighted by molar-refractivity contribution is 5.84. The molecule has 0 aliphatic heterocycles. The minimum Gasteiger partial charge on any atom is -0.497 e. The molecule has 5 heteroatoms. The maximum Gasteiger partial charge on any atom is 0.119 e. The normalized spacial score (nSPS) is 10.2. The summed E-state index contributed by atoms with van der Waals surface area (Å²) in [6.45, 7) is 2.05. The molecular formula is C15H24N2O3. The highest BCUT2D eigenvalue weighted by Gasteiger charge is 2.03. The molecule has 0 bridgehead atoms. The predicted molar refractivity (Wildman–Crippen MR) is 81.4 cm³/mol. The van der Waals surface area contributed by atoms with Gasteiger partial charge in [0.2, 0.25) is 0 Å². The Hall–Kier alpha value is -1.56. The fourth-order valence-electron chi connectivity index (χ4n) is 1.81. The van der Waals surface area contributed by atoms with Crippen LogP contribution in [-0.4, -0.2) is 46.1 Å². The van der Waals surface area contributed by atoms with Crippen LogP contribution in [0.2, 0.25) is 0 Å². The molecule has 0 saturated heterocycles. The molecule has 0 fully saturated rings. The van der Waals surface area contributed by atoms with E-state index in [2.05, 4.69) is 14.5 Å². The topological polar surface area (TPSA) is 69.5 Å². The number of H-pyrrole nitrogens is 1. The Bertz CT molecular complexity index is 493. The van der Waals surface area contributed by atoms with Gasteiger partial charge in [-0.15, -0.1) is 0 Å². The molecule has 0 atom stereocenters. The number of hydrogen-bond donors (Lipinski definition) is 2. The average Bonchev–Trinajstić information content (AvgIpc) is 2.88. The Labute approximate surface area is 120 Å². The monoisotopic (exact) mass is 280 g/mol. The first-order valence-corrected chi connectivity index (χ1v) is 6.58. The van der Waals surface area contributed by atoms with Crippen LogP contribution >= 0.6 is 0 Å². The molecular weight excluding hydrogens is 256 g/mol. The van der Waals surface area contributed by atoms with Gasteiger partial charge in [-0.3, -0.25) is 0 Å². The maximum atomic E-state index is 5.54. The fraction of sp³-hybridized carbons (Fsp3) is 0.467. The maximum absolute atomic E-state index is 5.54. The summed E-state index contributed by atoms with van der Waals surface area (Å²) in [5, 5.41) is 1.20. The third kappa shape index (κ3) is 4.85. The molecule has 0 radical (unpaired) electrons. The van der Waals surface area contributed by atoms with E-state index in [1.807, 2.05) is 24.4 Å². The standard InChI is InChI=1S/C11H14N2O.C4H10O2/c1-14-9-2-3-11-10(6-9)8(4-5-12)7-13-11;1-5-3-4-6-2/h2-3,6-7,13H,4-5,12H2,1H3;3-4H2,1-2H3. The van der Waals surface area contributed by atoms with Gasteiger partial charge in [-0.25, -0.2) is 0 Å². The molecule has 1 aromatic carbocycles. The summed E-state index contributed by atoms with van der Waals surface area (Å²) in [5.41, 5.74) is 7.92. The molecule has 0 aliphatic carbocycles. The van der Waals surface area contributed by atoms with Gasteiger partial charge >= 0.3 is 0 Å². The number of nitrogens with one attached hydrogen (secondary N) is 1. The van der Waals surface area contributed by atoms with Gasteiger partial charge in [-0.05, 0) is 36.7 Å². The molecule has 0 aliphatic rings. The van der Waals surface area contributed by atoms with Gasteiger partial charge in [0.25, 0.3) is 0 Å². The lowest BCUT2D eigenvalue weighted by molar-refractivity contribution is 0.103. The molecule has 2 rings (SSSR count). The van der Waals surface area contributed by atoms with Gasteiger partial charge in [0.05, 0.1) is 20.3 Å². The average molecular weight is 280 g/mol. The minimum absolute atomic E-state index is 0.671. The van der Waals surface area contributed by atoms with Crippen molar-refractivity contribution in [2.45, 2.75) is 6.42 Å². The lowest BCUT2D eigenvalue weighted by Gasteiger charge is -2.00. The van der Waals surface area contributed by atoms with Crippen LogP contribution in [0.15, 0.2) is 24.4 Å². The lowest BCUT2D eigenvalue weighted by atomic mass is 10.1. The van der Waals surface area contributed by atoms with Crippen LogP contribution in [0.3, 0.4) is 0 Å². The largest absolute Gasteiger partial charge is 0.497 e. The number of aromatic amines is 1. The Morgan fingerprint density at radius 2 is 1.80 bits per heavy atom. The Balaban J connectivity index is 0.000000286. The van der Waals surface area contributed by atoms with Crippen molar-refractivity contribution in [2.24, 2.45) is 5.73 Å². The van der Waals surface area contributed by atoms with Gasteiger partial charge in [0.1, 0.15) is 5.75 Å². The van der Waals surface area contributed by atoms with E-state index in [0.717, 1.165) is 17.7 Å². The lowest BCUT2D eigenvalue weighted by Crippen LogP contribution is -2.01. The number of benzene rings is 1. The van der Waals surface area contributed by atoms with E-state index < -0.39 is 0 Å². The summed E-state index contributed by atoms with van der Waals surface area (Å²) < 4.78 is 14.5. The Kier molecular flexibility index (Phi) is 7.72. The molecule has 0 spiro atoms. The van der Waals surface area contributed by atoms with E-state index in [0.29, 0.717) is 19.8 Å². The molecule has 3 N–H and O–H groups in total. The van der Waals surface area contributed by atoms with Crippen molar-refractivity contribution in [3.05, 3.63) is 30.0 Å². The van der Waals surface area contributed by atoms with E-state index in [4.69, 9.17) is 10.5 Å². The quantitative estimate of drug-likeness (QED) is 0.794. The van der Waals surface area contributed by atoms with E-state index in [9.17, 15) is 0 Å². The van der Waals surface area contributed by atoms with Crippen LogP contribution in [0, 0.1) is 0 Å². The SMILES string of the molecule is COCCOC.COc1ccc2[nH]cc(CCN)c2c1. The van der Waals surface area contributed by atoms with E-state index in [1.165, 1.54) is 10.9 Å².